The maximum absolute atomic E-state index is 12.7. The first kappa shape index (κ1) is 17.6. The van der Waals surface area contributed by atoms with Crippen LogP contribution in [0.15, 0.2) is 48.5 Å². The van der Waals surface area contributed by atoms with E-state index < -0.39 is 0 Å². The molecule has 28 heavy (non-hydrogen) atoms. The van der Waals surface area contributed by atoms with Crippen molar-refractivity contribution >= 4 is 11.6 Å². The number of H-pyrrole nitrogens is 2. The number of nitrogens with zero attached hydrogens (tertiary/aromatic N) is 4. The van der Waals surface area contributed by atoms with E-state index >= 15 is 0 Å². The highest BCUT2D eigenvalue weighted by molar-refractivity contribution is 6.06. The summed E-state index contributed by atoms with van der Waals surface area (Å²) in [6.45, 7) is 3.84. The van der Waals surface area contributed by atoms with E-state index in [0.717, 1.165) is 29.2 Å². The van der Waals surface area contributed by atoms with Gasteiger partial charge in [-0.25, -0.2) is 9.97 Å². The molecular formula is C20H19N7O. The summed E-state index contributed by atoms with van der Waals surface area (Å²) in [7, 11) is 0. The van der Waals surface area contributed by atoms with Crippen molar-refractivity contribution in [1.82, 2.24) is 30.4 Å². The lowest BCUT2D eigenvalue weighted by atomic mass is 10.1. The van der Waals surface area contributed by atoms with Crippen LogP contribution in [-0.4, -0.2) is 36.3 Å². The fourth-order valence-corrected chi connectivity index (χ4v) is 2.80. The highest BCUT2D eigenvalue weighted by Crippen LogP contribution is 2.25. The van der Waals surface area contributed by atoms with E-state index in [1.54, 1.807) is 12.1 Å². The average molecular weight is 373 g/mol. The van der Waals surface area contributed by atoms with Gasteiger partial charge in [0.15, 0.2) is 11.6 Å². The summed E-state index contributed by atoms with van der Waals surface area (Å²) in [5.41, 5.74) is 2.80. The van der Waals surface area contributed by atoms with Gasteiger partial charge in [-0.3, -0.25) is 15.0 Å². The number of carbonyl (C=O) groups is 1. The van der Waals surface area contributed by atoms with Crippen LogP contribution in [0.4, 0.5) is 5.69 Å². The molecule has 0 aliphatic heterocycles. The number of hydrogen-bond donors (Lipinski definition) is 3. The Balaban J connectivity index is 1.55. The summed E-state index contributed by atoms with van der Waals surface area (Å²) in [6, 6.07) is 14.6. The number of benzene rings is 2. The van der Waals surface area contributed by atoms with Crippen molar-refractivity contribution in [2.24, 2.45) is 0 Å². The molecule has 0 atom stereocenters. The molecule has 0 aliphatic carbocycles. The largest absolute Gasteiger partial charge is 0.321 e. The van der Waals surface area contributed by atoms with Crippen LogP contribution in [0.2, 0.25) is 0 Å². The van der Waals surface area contributed by atoms with E-state index in [4.69, 9.17) is 0 Å². The first-order chi connectivity index (χ1) is 13.6. The molecule has 140 valence electrons. The monoisotopic (exact) mass is 373 g/mol. The molecule has 2 aromatic heterocycles. The van der Waals surface area contributed by atoms with Crippen molar-refractivity contribution in [3.8, 4) is 22.8 Å². The van der Waals surface area contributed by atoms with E-state index in [2.05, 4.69) is 35.7 Å². The van der Waals surface area contributed by atoms with Crippen LogP contribution in [0.3, 0.4) is 0 Å². The zero-order valence-corrected chi connectivity index (χ0v) is 15.5. The van der Waals surface area contributed by atoms with E-state index in [9.17, 15) is 4.79 Å². The molecule has 0 bridgehead atoms. The van der Waals surface area contributed by atoms with Gasteiger partial charge in [0.25, 0.3) is 5.91 Å². The second kappa shape index (κ2) is 7.43. The van der Waals surface area contributed by atoms with Gasteiger partial charge in [0.1, 0.15) is 11.6 Å². The van der Waals surface area contributed by atoms with Crippen LogP contribution in [0, 0.1) is 6.92 Å². The number of aryl methyl sites for hydroxylation is 2. The van der Waals surface area contributed by atoms with Gasteiger partial charge in [0.05, 0.1) is 5.69 Å². The number of hydrogen-bond acceptors (Lipinski definition) is 5. The minimum Gasteiger partial charge on any atom is -0.321 e. The third-order valence-electron chi connectivity index (χ3n) is 4.29. The predicted molar refractivity (Wildman–Crippen MR) is 106 cm³/mol. The summed E-state index contributed by atoms with van der Waals surface area (Å²) < 4.78 is 0. The van der Waals surface area contributed by atoms with Crippen LogP contribution in [0.1, 0.15) is 28.9 Å². The van der Waals surface area contributed by atoms with Gasteiger partial charge in [0, 0.05) is 23.1 Å². The number of nitrogens with one attached hydrogen (secondary N) is 3. The van der Waals surface area contributed by atoms with Gasteiger partial charge >= 0.3 is 0 Å². The molecule has 4 aromatic rings. The minimum atomic E-state index is -0.212. The summed E-state index contributed by atoms with van der Waals surface area (Å²) in [5.74, 6) is 2.49. The van der Waals surface area contributed by atoms with Gasteiger partial charge in [-0.15, -0.1) is 0 Å². The number of rotatable bonds is 5. The highest BCUT2D eigenvalue weighted by Gasteiger charge is 2.14. The van der Waals surface area contributed by atoms with E-state index in [-0.39, 0.29) is 5.91 Å². The van der Waals surface area contributed by atoms with Crippen molar-refractivity contribution < 1.29 is 4.79 Å². The maximum atomic E-state index is 12.7. The number of aromatic amines is 2. The highest BCUT2D eigenvalue weighted by atomic mass is 16.1. The molecule has 1 amide bonds. The SMILES string of the molecule is CCc1nc(-c2ccccc2NC(=O)c2ccc(-c3n[nH]c(C)n3)cc2)n[nH]1. The molecule has 2 heterocycles. The van der Waals surface area contributed by atoms with Gasteiger partial charge in [0.2, 0.25) is 0 Å². The van der Waals surface area contributed by atoms with Crippen LogP contribution >= 0.6 is 0 Å². The van der Waals surface area contributed by atoms with Gasteiger partial charge < -0.3 is 5.32 Å². The molecule has 3 N–H and O–H groups in total. The lowest BCUT2D eigenvalue weighted by molar-refractivity contribution is 0.102. The van der Waals surface area contributed by atoms with E-state index in [0.29, 0.717) is 22.9 Å². The van der Waals surface area contributed by atoms with Crippen LogP contribution in [0.25, 0.3) is 22.8 Å². The quantitative estimate of drug-likeness (QED) is 0.496. The Kier molecular flexibility index (Phi) is 4.67. The lowest BCUT2D eigenvalue weighted by Crippen LogP contribution is -2.12. The summed E-state index contributed by atoms with van der Waals surface area (Å²) in [4.78, 5) is 21.5. The Hall–Kier alpha value is -3.81. The van der Waals surface area contributed by atoms with Crippen molar-refractivity contribution in [3.05, 3.63) is 65.7 Å². The molecule has 0 fully saturated rings. The Morgan fingerprint density at radius 2 is 1.71 bits per heavy atom. The van der Waals surface area contributed by atoms with Gasteiger partial charge in [-0.1, -0.05) is 31.2 Å². The first-order valence-electron chi connectivity index (χ1n) is 8.95. The fourth-order valence-electron chi connectivity index (χ4n) is 2.80. The molecule has 0 saturated heterocycles. The Labute approximate surface area is 161 Å². The summed E-state index contributed by atoms with van der Waals surface area (Å²) in [5, 5.41) is 17.0. The third-order valence-corrected chi connectivity index (χ3v) is 4.29. The second-order valence-corrected chi connectivity index (χ2v) is 6.28. The predicted octanol–water partition coefficient (Wildman–Crippen LogP) is 3.38. The number of amides is 1. The molecule has 0 radical (unpaired) electrons. The zero-order valence-electron chi connectivity index (χ0n) is 15.5. The van der Waals surface area contributed by atoms with Gasteiger partial charge in [-0.05, 0) is 31.2 Å². The summed E-state index contributed by atoms with van der Waals surface area (Å²) in [6.07, 6.45) is 0.762. The molecule has 0 unspecified atom stereocenters. The molecule has 8 heteroatoms. The topological polar surface area (TPSA) is 112 Å². The van der Waals surface area contributed by atoms with Gasteiger partial charge in [-0.2, -0.15) is 10.2 Å². The molecule has 4 rings (SSSR count). The number of para-hydroxylation sites is 1. The van der Waals surface area contributed by atoms with Crippen molar-refractivity contribution in [1.29, 1.82) is 0 Å². The minimum absolute atomic E-state index is 0.212. The number of aromatic nitrogens is 6. The van der Waals surface area contributed by atoms with E-state index in [1.165, 1.54) is 0 Å². The van der Waals surface area contributed by atoms with Crippen molar-refractivity contribution in [2.45, 2.75) is 20.3 Å². The van der Waals surface area contributed by atoms with Crippen LogP contribution in [-0.2, 0) is 6.42 Å². The Morgan fingerprint density at radius 3 is 2.39 bits per heavy atom. The van der Waals surface area contributed by atoms with Crippen molar-refractivity contribution in [3.63, 3.8) is 0 Å². The molecule has 8 nitrogen and oxygen atoms in total. The zero-order chi connectivity index (χ0) is 19.5. The molecule has 0 saturated carbocycles. The number of carbonyl (C=O) groups excluding carboxylic acids is 1. The van der Waals surface area contributed by atoms with Crippen molar-refractivity contribution in [2.75, 3.05) is 5.32 Å². The maximum Gasteiger partial charge on any atom is 0.255 e. The second-order valence-electron chi connectivity index (χ2n) is 6.28. The summed E-state index contributed by atoms with van der Waals surface area (Å²) >= 11 is 0. The fraction of sp³-hybridized carbons (Fsp3) is 0.150. The first-order valence-corrected chi connectivity index (χ1v) is 8.95. The Morgan fingerprint density at radius 1 is 0.964 bits per heavy atom. The third kappa shape index (κ3) is 3.52. The van der Waals surface area contributed by atoms with Crippen LogP contribution < -0.4 is 5.32 Å². The molecule has 0 aliphatic rings. The molecular weight excluding hydrogens is 354 g/mol. The average Bonchev–Trinajstić information content (AvgIpc) is 3.37. The molecule has 2 aromatic carbocycles. The normalized spacial score (nSPS) is 10.8. The Bertz CT molecular complexity index is 1110. The van der Waals surface area contributed by atoms with E-state index in [1.807, 2.05) is 50.2 Å². The standard InChI is InChI=1S/C20H19N7O/c1-3-17-23-19(27-25-17)15-6-4-5-7-16(15)22-20(28)14-10-8-13(9-11-14)18-21-12(2)24-26-18/h4-11H,3H2,1-2H3,(H,22,28)(H,21,24,26)(H,23,25,27). The smallest absolute Gasteiger partial charge is 0.255 e. The lowest BCUT2D eigenvalue weighted by Gasteiger charge is -2.09. The number of anilines is 1. The molecule has 0 spiro atoms. The van der Waals surface area contributed by atoms with Crippen LogP contribution in [0.5, 0.6) is 0 Å².